The molecule has 1 aromatic rings. The van der Waals surface area contributed by atoms with E-state index in [1.165, 1.54) is 15.5 Å². The highest BCUT2D eigenvalue weighted by Crippen LogP contribution is 2.31. The molecule has 0 aliphatic carbocycles. The lowest BCUT2D eigenvalue weighted by Gasteiger charge is -2.31. The first kappa shape index (κ1) is 17.7. The van der Waals surface area contributed by atoms with E-state index in [2.05, 4.69) is 0 Å². The van der Waals surface area contributed by atoms with E-state index in [1.807, 2.05) is 6.07 Å². The summed E-state index contributed by atoms with van der Waals surface area (Å²) in [7, 11) is -3.26. The van der Waals surface area contributed by atoms with Gasteiger partial charge in [-0.3, -0.25) is 14.5 Å². The first-order valence-corrected chi connectivity index (χ1v) is 9.96. The number of hydrogen-bond acceptors (Lipinski definition) is 5. The van der Waals surface area contributed by atoms with Crippen molar-refractivity contribution in [3.63, 3.8) is 0 Å². The molecule has 3 rings (SSSR count). The average Bonchev–Trinajstić information content (AvgIpc) is 2.83. The Morgan fingerprint density at radius 3 is 2.68 bits per heavy atom. The topological polar surface area (TPSA) is 87.2 Å². The maximum Gasteiger partial charge on any atom is 0.265 e. The summed E-state index contributed by atoms with van der Waals surface area (Å²) < 4.78 is 30.1. The first-order valence-electron chi connectivity index (χ1n) is 8.11. The van der Waals surface area contributed by atoms with Gasteiger partial charge < -0.3 is 9.64 Å². The number of para-hydroxylation sites is 2. The van der Waals surface area contributed by atoms with E-state index in [9.17, 15) is 18.0 Å². The van der Waals surface area contributed by atoms with Gasteiger partial charge in [0.05, 0.1) is 11.9 Å². The molecule has 1 saturated heterocycles. The van der Waals surface area contributed by atoms with Crippen molar-refractivity contribution in [2.45, 2.75) is 6.42 Å². The number of sulfonamides is 1. The highest BCUT2D eigenvalue weighted by molar-refractivity contribution is 7.88. The molecule has 0 N–H and O–H groups in total. The quantitative estimate of drug-likeness (QED) is 0.745. The molecule has 136 valence electrons. The number of anilines is 1. The molecular weight excluding hydrogens is 346 g/mol. The smallest absolute Gasteiger partial charge is 0.265 e. The van der Waals surface area contributed by atoms with Gasteiger partial charge in [-0.2, -0.15) is 0 Å². The van der Waals surface area contributed by atoms with Crippen molar-refractivity contribution in [1.29, 1.82) is 0 Å². The summed E-state index contributed by atoms with van der Waals surface area (Å²) in [6, 6.07) is 7.10. The standard InChI is InChI=1S/C16H21N3O5S/c1-25(22,23)18-8-4-7-17(9-10-18)15(20)11-19-13-5-2-3-6-14(13)24-12-16(19)21/h2-3,5-6H,4,7-12H2,1H3. The second-order valence-corrected chi connectivity index (χ2v) is 8.12. The van der Waals surface area contributed by atoms with Crippen molar-refractivity contribution < 1.29 is 22.7 Å². The Kier molecular flexibility index (Phi) is 4.96. The molecule has 0 bridgehead atoms. The van der Waals surface area contributed by atoms with Crippen LogP contribution in [0, 0.1) is 0 Å². The second-order valence-electron chi connectivity index (χ2n) is 6.13. The predicted octanol–water partition coefficient (Wildman–Crippen LogP) is -0.0941. The third-order valence-electron chi connectivity index (χ3n) is 4.38. The van der Waals surface area contributed by atoms with Crippen LogP contribution in [0.25, 0.3) is 0 Å². The summed E-state index contributed by atoms with van der Waals surface area (Å²) in [5.41, 5.74) is 0.583. The van der Waals surface area contributed by atoms with Crippen molar-refractivity contribution in [3.8, 4) is 5.75 Å². The lowest BCUT2D eigenvalue weighted by atomic mass is 10.2. The zero-order valence-corrected chi connectivity index (χ0v) is 14.9. The fourth-order valence-corrected chi connectivity index (χ4v) is 3.91. The number of carbonyl (C=O) groups is 2. The fourth-order valence-electron chi connectivity index (χ4n) is 3.04. The number of ether oxygens (including phenoxy) is 1. The third kappa shape index (κ3) is 3.93. The molecule has 0 atom stereocenters. The van der Waals surface area contributed by atoms with Crippen LogP contribution in [0.15, 0.2) is 24.3 Å². The number of carbonyl (C=O) groups excluding carboxylic acids is 2. The maximum atomic E-state index is 12.7. The molecule has 0 spiro atoms. The molecule has 2 heterocycles. The van der Waals surface area contributed by atoms with E-state index in [0.717, 1.165) is 0 Å². The van der Waals surface area contributed by atoms with E-state index in [0.29, 0.717) is 37.5 Å². The third-order valence-corrected chi connectivity index (χ3v) is 5.68. The second kappa shape index (κ2) is 7.01. The first-order chi connectivity index (χ1) is 11.9. The highest BCUT2D eigenvalue weighted by atomic mass is 32.2. The zero-order valence-electron chi connectivity index (χ0n) is 14.1. The van der Waals surface area contributed by atoms with E-state index in [4.69, 9.17) is 4.74 Å². The minimum Gasteiger partial charge on any atom is -0.482 e. The Morgan fingerprint density at radius 2 is 1.92 bits per heavy atom. The largest absolute Gasteiger partial charge is 0.482 e. The van der Waals surface area contributed by atoms with Crippen LogP contribution in [0.4, 0.5) is 5.69 Å². The predicted molar refractivity (Wildman–Crippen MR) is 91.9 cm³/mol. The lowest BCUT2D eigenvalue weighted by Crippen LogP contribution is -2.47. The summed E-state index contributed by atoms with van der Waals surface area (Å²) in [6.45, 7) is 1.32. The molecule has 2 amide bonds. The highest BCUT2D eigenvalue weighted by Gasteiger charge is 2.30. The Morgan fingerprint density at radius 1 is 1.16 bits per heavy atom. The van der Waals surface area contributed by atoms with Crippen LogP contribution in [0.2, 0.25) is 0 Å². The molecular formula is C16H21N3O5S. The summed E-state index contributed by atoms with van der Waals surface area (Å²) in [5.74, 6) is 0.119. The molecule has 1 aromatic carbocycles. The van der Waals surface area contributed by atoms with Gasteiger partial charge in [-0.1, -0.05) is 12.1 Å². The van der Waals surface area contributed by atoms with Crippen molar-refractivity contribution >= 4 is 27.5 Å². The molecule has 2 aliphatic rings. The van der Waals surface area contributed by atoms with E-state index < -0.39 is 10.0 Å². The Bertz CT molecular complexity index is 780. The van der Waals surface area contributed by atoms with Crippen LogP contribution in [0.3, 0.4) is 0 Å². The van der Waals surface area contributed by atoms with Crippen molar-refractivity contribution in [2.75, 3.05) is 50.5 Å². The Balaban J connectivity index is 1.69. The van der Waals surface area contributed by atoms with Gasteiger partial charge in [-0.05, 0) is 18.6 Å². The fraction of sp³-hybridized carbons (Fsp3) is 0.500. The lowest BCUT2D eigenvalue weighted by molar-refractivity contribution is -0.131. The molecule has 0 aromatic heterocycles. The number of fused-ring (bicyclic) bond motifs is 1. The average molecular weight is 367 g/mol. The number of hydrogen-bond donors (Lipinski definition) is 0. The molecule has 9 heteroatoms. The molecule has 0 radical (unpaired) electrons. The summed E-state index contributed by atoms with van der Waals surface area (Å²) in [5, 5.41) is 0. The van der Waals surface area contributed by atoms with Gasteiger partial charge >= 0.3 is 0 Å². The van der Waals surface area contributed by atoms with Crippen molar-refractivity contribution in [2.24, 2.45) is 0 Å². The molecule has 8 nitrogen and oxygen atoms in total. The molecule has 0 saturated carbocycles. The SMILES string of the molecule is CS(=O)(=O)N1CCCN(C(=O)CN2C(=O)COc3ccccc32)CC1. The van der Waals surface area contributed by atoms with E-state index >= 15 is 0 Å². The van der Waals surface area contributed by atoms with Crippen LogP contribution >= 0.6 is 0 Å². The van der Waals surface area contributed by atoms with Crippen LogP contribution < -0.4 is 9.64 Å². The van der Waals surface area contributed by atoms with E-state index in [1.54, 1.807) is 23.1 Å². The number of benzene rings is 1. The van der Waals surface area contributed by atoms with Crippen LogP contribution in [0.1, 0.15) is 6.42 Å². The molecule has 0 unspecified atom stereocenters. The van der Waals surface area contributed by atoms with Gasteiger partial charge in [-0.15, -0.1) is 0 Å². The molecule has 2 aliphatic heterocycles. The van der Waals surface area contributed by atoms with Crippen molar-refractivity contribution in [1.82, 2.24) is 9.21 Å². The molecule has 1 fully saturated rings. The maximum absolute atomic E-state index is 12.7. The number of nitrogens with zero attached hydrogens (tertiary/aromatic N) is 3. The van der Waals surface area contributed by atoms with Gasteiger partial charge in [0.2, 0.25) is 15.9 Å². The van der Waals surface area contributed by atoms with Crippen molar-refractivity contribution in [3.05, 3.63) is 24.3 Å². The van der Waals surface area contributed by atoms with Gasteiger partial charge in [0.15, 0.2) is 6.61 Å². The van der Waals surface area contributed by atoms with Gasteiger partial charge in [-0.25, -0.2) is 12.7 Å². The summed E-state index contributed by atoms with van der Waals surface area (Å²) >= 11 is 0. The Labute approximate surface area is 147 Å². The summed E-state index contributed by atoms with van der Waals surface area (Å²) in [6.07, 6.45) is 1.75. The van der Waals surface area contributed by atoms with Crippen LogP contribution in [0.5, 0.6) is 5.75 Å². The Hall–Kier alpha value is -2.13. The minimum atomic E-state index is -3.26. The molecule has 25 heavy (non-hydrogen) atoms. The normalized spacial score (nSPS) is 19.2. The summed E-state index contributed by atoms with van der Waals surface area (Å²) in [4.78, 5) is 27.9. The number of rotatable bonds is 3. The van der Waals surface area contributed by atoms with Crippen LogP contribution in [-0.2, 0) is 19.6 Å². The van der Waals surface area contributed by atoms with E-state index in [-0.39, 0.29) is 31.5 Å². The zero-order chi connectivity index (χ0) is 18.0. The van der Waals surface area contributed by atoms with Crippen LogP contribution in [-0.4, -0.2) is 75.0 Å². The van der Waals surface area contributed by atoms with Gasteiger partial charge in [0.25, 0.3) is 5.91 Å². The van der Waals surface area contributed by atoms with Gasteiger partial charge in [0.1, 0.15) is 12.3 Å². The minimum absolute atomic E-state index is 0.0713. The number of amides is 2. The van der Waals surface area contributed by atoms with Gasteiger partial charge in [0, 0.05) is 26.2 Å². The monoisotopic (exact) mass is 367 g/mol.